The number of likely N-dealkylation sites (tertiary alicyclic amines) is 1. The first kappa shape index (κ1) is 16.8. The van der Waals surface area contributed by atoms with E-state index >= 15 is 0 Å². The summed E-state index contributed by atoms with van der Waals surface area (Å²) >= 11 is 0. The third kappa shape index (κ3) is 3.47. The van der Waals surface area contributed by atoms with Crippen LogP contribution in [-0.4, -0.2) is 38.8 Å². The molecule has 5 nitrogen and oxygen atoms in total. The van der Waals surface area contributed by atoms with Gasteiger partial charge in [0.15, 0.2) is 0 Å². The summed E-state index contributed by atoms with van der Waals surface area (Å²) in [7, 11) is 0. The van der Waals surface area contributed by atoms with Gasteiger partial charge in [0.2, 0.25) is 5.91 Å². The maximum Gasteiger partial charge on any atom is 0.222 e. The molecule has 1 amide bonds. The van der Waals surface area contributed by atoms with Crippen molar-refractivity contribution in [3.63, 3.8) is 0 Å². The van der Waals surface area contributed by atoms with Crippen molar-refractivity contribution in [3.8, 4) is 0 Å². The van der Waals surface area contributed by atoms with Gasteiger partial charge >= 0.3 is 0 Å². The Morgan fingerprint density at radius 2 is 2.23 bits per heavy atom. The zero-order chi connectivity index (χ0) is 17.9. The van der Waals surface area contributed by atoms with Crippen LogP contribution in [0.3, 0.4) is 0 Å². The number of amides is 1. The number of para-hydroxylation sites is 1. The lowest BCUT2D eigenvalue weighted by Gasteiger charge is -2.32. The van der Waals surface area contributed by atoms with E-state index in [-0.39, 0.29) is 11.8 Å². The first-order chi connectivity index (χ1) is 12.7. The van der Waals surface area contributed by atoms with Gasteiger partial charge in [-0.2, -0.15) is 0 Å². The summed E-state index contributed by atoms with van der Waals surface area (Å²) in [5.41, 5.74) is 4.43. The molecular weight excluding hydrogens is 324 g/mol. The van der Waals surface area contributed by atoms with E-state index in [0.29, 0.717) is 6.42 Å². The van der Waals surface area contributed by atoms with Gasteiger partial charge in [0.05, 0.1) is 11.0 Å². The fourth-order valence-electron chi connectivity index (χ4n) is 3.77. The second-order valence-corrected chi connectivity index (χ2v) is 7.13. The van der Waals surface area contributed by atoms with Crippen molar-refractivity contribution in [1.29, 1.82) is 0 Å². The van der Waals surface area contributed by atoms with Crippen molar-refractivity contribution in [2.45, 2.75) is 38.5 Å². The van der Waals surface area contributed by atoms with Gasteiger partial charge in [-0.1, -0.05) is 18.2 Å². The number of hydrogen-bond donors (Lipinski definition) is 1. The Labute approximate surface area is 153 Å². The highest BCUT2D eigenvalue weighted by Crippen LogP contribution is 2.28. The maximum absolute atomic E-state index is 12.6. The van der Waals surface area contributed by atoms with E-state index in [1.54, 1.807) is 6.20 Å². The summed E-state index contributed by atoms with van der Waals surface area (Å²) in [5.74, 6) is 1.53. The Balaban J connectivity index is 1.43. The minimum absolute atomic E-state index is 0.228. The number of hydrogen-bond acceptors (Lipinski definition) is 3. The number of carbonyl (C=O) groups excluding carboxylic acids is 1. The molecule has 1 aromatic carbocycles. The predicted molar refractivity (Wildman–Crippen MR) is 102 cm³/mol. The molecule has 26 heavy (non-hydrogen) atoms. The Morgan fingerprint density at radius 1 is 1.31 bits per heavy atom. The van der Waals surface area contributed by atoms with Crippen LogP contribution in [0.2, 0.25) is 0 Å². The largest absolute Gasteiger partial charge is 0.342 e. The van der Waals surface area contributed by atoms with Crippen molar-refractivity contribution in [2.75, 3.05) is 13.1 Å². The maximum atomic E-state index is 12.6. The quantitative estimate of drug-likeness (QED) is 0.783. The summed E-state index contributed by atoms with van der Waals surface area (Å²) < 4.78 is 0. The van der Waals surface area contributed by atoms with E-state index < -0.39 is 0 Å². The van der Waals surface area contributed by atoms with Crippen molar-refractivity contribution >= 4 is 16.9 Å². The fourth-order valence-corrected chi connectivity index (χ4v) is 3.77. The van der Waals surface area contributed by atoms with Crippen LogP contribution >= 0.6 is 0 Å². The number of piperidine rings is 1. The Morgan fingerprint density at radius 3 is 3.04 bits per heavy atom. The minimum atomic E-state index is 0.228. The second kappa shape index (κ2) is 7.28. The molecular formula is C21H24N4O. The fraction of sp³-hybridized carbons (Fsp3) is 0.381. The molecule has 1 fully saturated rings. The van der Waals surface area contributed by atoms with Gasteiger partial charge in [0.1, 0.15) is 5.82 Å². The summed E-state index contributed by atoms with van der Waals surface area (Å²) in [6, 6.07) is 10.1. The Hall–Kier alpha value is -2.69. The van der Waals surface area contributed by atoms with Gasteiger partial charge in [-0.15, -0.1) is 0 Å². The molecule has 0 spiro atoms. The van der Waals surface area contributed by atoms with Gasteiger partial charge < -0.3 is 9.88 Å². The number of fused-ring (bicyclic) bond motifs is 1. The number of rotatable bonds is 4. The van der Waals surface area contributed by atoms with Gasteiger partial charge in [-0.05, 0) is 49.4 Å². The number of nitrogens with one attached hydrogen (secondary N) is 1. The first-order valence-corrected chi connectivity index (χ1v) is 9.32. The monoisotopic (exact) mass is 348 g/mol. The number of nitrogens with zero attached hydrogens (tertiary/aromatic N) is 3. The number of aryl methyl sites for hydroxylation is 2. The van der Waals surface area contributed by atoms with Crippen molar-refractivity contribution in [3.05, 3.63) is 59.7 Å². The van der Waals surface area contributed by atoms with Gasteiger partial charge in [0.25, 0.3) is 0 Å². The lowest BCUT2D eigenvalue weighted by Crippen LogP contribution is -2.39. The number of aromatic nitrogens is 3. The lowest BCUT2D eigenvalue weighted by atomic mass is 9.97. The van der Waals surface area contributed by atoms with Crippen LogP contribution in [0.15, 0.2) is 42.7 Å². The summed E-state index contributed by atoms with van der Waals surface area (Å²) in [4.78, 5) is 27.1. The molecule has 0 bridgehead atoms. The van der Waals surface area contributed by atoms with E-state index in [0.717, 1.165) is 54.8 Å². The van der Waals surface area contributed by atoms with Gasteiger partial charge in [0, 0.05) is 37.8 Å². The highest BCUT2D eigenvalue weighted by atomic mass is 16.2. The minimum Gasteiger partial charge on any atom is -0.342 e. The van der Waals surface area contributed by atoms with E-state index in [1.165, 1.54) is 5.56 Å². The van der Waals surface area contributed by atoms with Crippen molar-refractivity contribution in [1.82, 2.24) is 19.9 Å². The van der Waals surface area contributed by atoms with Crippen molar-refractivity contribution < 1.29 is 4.79 Å². The van der Waals surface area contributed by atoms with E-state index in [2.05, 4.69) is 35.1 Å². The topological polar surface area (TPSA) is 61.9 Å². The van der Waals surface area contributed by atoms with Crippen LogP contribution in [0.5, 0.6) is 0 Å². The molecule has 1 unspecified atom stereocenters. The zero-order valence-electron chi connectivity index (χ0n) is 15.1. The average Bonchev–Trinajstić information content (AvgIpc) is 3.13. The molecule has 4 rings (SSSR count). The standard InChI is InChI=1S/C21H24N4O/c1-15-5-2-8-18-20(15)24-21(23-18)17-7-4-12-25(14-17)19(26)10-9-16-6-3-11-22-13-16/h2-3,5-6,8,11,13,17H,4,7,9-10,12,14H2,1H3,(H,23,24). The Bertz CT molecular complexity index is 903. The van der Waals surface area contributed by atoms with Gasteiger partial charge in [-0.3, -0.25) is 9.78 Å². The van der Waals surface area contributed by atoms with Gasteiger partial charge in [-0.25, -0.2) is 4.98 Å². The summed E-state index contributed by atoms with van der Waals surface area (Å²) in [6.07, 6.45) is 6.98. The van der Waals surface area contributed by atoms with E-state index in [1.807, 2.05) is 23.2 Å². The molecule has 1 aliphatic heterocycles. The number of benzene rings is 1. The third-order valence-electron chi connectivity index (χ3n) is 5.24. The SMILES string of the molecule is Cc1cccc2[nH]c(C3CCCN(C(=O)CCc4cccnc4)C3)nc12. The second-order valence-electron chi connectivity index (χ2n) is 7.13. The van der Waals surface area contributed by atoms with Crippen LogP contribution < -0.4 is 0 Å². The normalized spacial score (nSPS) is 17.6. The molecule has 0 aliphatic carbocycles. The predicted octanol–water partition coefficient (Wildman–Crippen LogP) is 3.61. The highest BCUT2D eigenvalue weighted by molar-refractivity contribution is 5.79. The molecule has 5 heteroatoms. The van der Waals surface area contributed by atoms with Crippen LogP contribution in [0.4, 0.5) is 0 Å². The van der Waals surface area contributed by atoms with Crippen LogP contribution in [0.25, 0.3) is 11.0 Å². The zero-order valence-corrected chi connectivity index (χ0v) is 15.1. The van der Waals surface area contributed by atoms with E-state index in [9.17, 15) is 4.79 Å². The Kier molecular flexibility index (Phi) is 4.69. The van der Waals surface area contributed by atoms with Crippen molar-refractivity contribution in [2.24, 2.45) is 0 Å². The molecule has 0 radical (unpaired) electrons. The molecule has 0 saturated carbocycles. The number of H-pyrrole nitrogens is 1. The number of imidazole rings is 1. The van der Waals surface area contributed by atoms with Crippen LogP contribution in [0.1, 0.15) is 42.1 Å². The molecule has 1 saturated heterocycles. The number of pyridine rings is 1. The smallest absolute Gasteiger partial charge is 0.222 e. The van der Waals surface area contributed by atoms with Crippen LogP contribution in [-0.2, 0) is 11.2 Å². The molecule has 134 valence electrons. The molecule has 1 atom stereocenters. The lowest BCUT2D eigenvalue weighted by molar-refractivity contribution is -0.132. The molecule has 1 aliphatic rings. The first-order valence-electron chi connectivity index (χ1n) is 9.32. The number of aromatic amines is 1. The third-order valence-corrected chi connectivity index (χ3v) is 5.24. The average molecular weight is 348 g/mol. The molecule has 3 aromatic rings. The highest BCUT2D eigenvalue weighted by Gasteiger charge is 2.26. The van der Waals surface area contributed by atoms with E-state index in [4.69, 9.17) is 4.98 Å². The molecule has 1 N–H and O–H groups in total. The summed E-state index contributed by atoms with van der Waals surface area (Å²) in [5, 5.41) is 0. The molecule has 3 heterocycles. The number of carbonyl (C=O) groups is 1. The summed E-state index contributed by atoms with van der Waals surface area (Å²) in [6.45, 7) is 3.69. The van der Waals surface area contributed by atoms with Crippen LogP contribution in [0, 0.1) is 6.92 Å². The molecule has 2 aromatic heterocycles.